The monoisotopic (exact) mass is 330 g/mol. The second kappa shape index (κ2) is 6.89. The van der Waals surface area contributed by atoms with Gasteiger partial charge in [-0.25, -0.2) is 13.1 Å². The van der Waals surface area contributed by atoms with Crippen LogP contribution in [0.15, 0.2) is 11.4 Å². The number of hydrogen-bond donors (Lipinski definition) is 1. The molecular formula is C14H22N2O3S2. The minimum Gasteiger partial charge on any atom is -0.335 e. The molecule has 1 aromatic rings. The van der Waals surface area contributed by atoms with Crippen molar-refractivity contribution in [1.29, 1.82) is 0 Å². The predicted molar refractivity (Wildman–Crippen MR) is 85.2 cm³/mol. The van der Waals surface area contributed by atoms with Crippen molar-refractivity contribution in [1.82, 2.24) is 9.62 Å². The lowest BCUT2D eigenvalue weighted by Gasteiger charge is -2.35. The lowest BCUT2D eigenvalue weighted by atomic mass is 9.99. The lowest BCUT2D eigenvalue weighted by Crippen LogP contribution is -2.45. The Morgan fingerprint density at radius 1 is 1.48 bits per heavy atom. The lowest BCUT2D eigenvalue weighted by molar-refractivity contribution is 0.0608. The van der Waals surface area contributed by atoms with Gasteiger partial charge in [0.2, 0.25) is 10.0 Å². The number of hydrogen-bond acceptors (Lipinski definition) is 4. The van der Waals surface area contributed by atoms with Crippen LogP contribution in [0.5, 0.6) is 0 Å². The normalized spacial score (nSPS) is 19.7. The Labute approximate surface area is 130 Å². The number of rotatable bonds is 5. The van der Waals surface area contributed by atoms with E-state index in [1.165, 1.54) is 11.3 Å². The highest BCUT2D eigenvalue weighted by Crippen LogP contribution is 2.25. The first-order chi connectivity index (χ1) is 9.88. The fourth-order valence-corrected chi connectivity index (χ4v) is 4.07. The zero-order chi connectivity index (χ0) is 15.5. The second-order valence-electron chi connectivity index (χ2n) is 5.54. The summed E-state index contributed by atoms with van der Waals surface area (Å²) in [6, 6.07) is 2.09. The summed E-state index contributed by atoms with van der Waals surface area (Å²) >= 11 is 1.48. The second-order valence-corrected chi connectivity index (χ2v) is 8.29. The van der Waals surface area contributed by atoms with Gasteiger partial charge < -0.3 is 4.90 Å². The third kappa shape index (κ3) is 4.52. The Morgan fingerprint density at radius 2 is 2.24 bits per heavy atom. The number of thiophene rings is 1. The van der Waals surface area contributed by atoms with Crippen molar-refractivity contribution in [2.24, 2.45) is 0 Å². The highest BCUT2D eigenvalue weighted by Gasteiger charge is 2.28. The van der Waals surface area contributed by atoms with E-state index in [2.05, 4.69) is 4.72 Å². The summed E-state index contributed by atoms with van der Waals surface area (Å²) < 4.78 is 24.8. The molecule has 1 aliphatic rings. The number of likely N-dealkylation sites (tertiary alicyclic amines) is 1. The summed E-state index contributed by atoms with van der Waals surface area (Å²) in [5.74, 6) is 0.0894. The van der Waals surface area contributed by atoms with Gasteiger partial charge in [-0.3, -0.25) is 4.79 Å². The first-order valence-corrected chi connectivity index (χ1v) is 9.95. The summed E-state index contributed by atoms with van der Waals surface area (Å²) in [5, 5.41) is 1.94. The van der Waals surface area contributed by atoms with Crippen LogP contribution in [-0.4, -0.2) is 44.6 Å². The fraction of sp³-hybridized carbons (Fsp3) is 0.643. The SMILES string of the molecule is Cc1ccsc1C(=O)N1CCCCC1CCNS(C)(=O)=O. The standard InChI is InChI=1S/C14H22N2O3S2/c1-11-7-10-20-13(11)14(17)16-9-4-3-5-12(16)6-8-15-21(2,18)19/h7,10,12,15H,3-6,8-9H2,1-2H3. The molecule has 7 heteroatoms. The molecule has 1 saturated heterocycles. The van der Waals surface area contributed by atoms with Gasteiger partial charge in [-0.15, -0.1) is 11.3 Å². The molecule has 0 bridgehead atoms. The first kappa shape index (κ1) is 16.5. The zero-order valence-electron chi connectivity index (χ0n) is 12.5. The summed E-state index contributed by atoms with van der Waals surface area (Å²) in [6.07, 6.45) is 4.89. The van der Waals surface area contributed by atoms with E-state index < -0.39 is 10.0 Å². The molecule has 1 atom stereocenters. The molecule has 2 heterocycles. The summed E-state index contributed by atoms with van der Waals surface area (Å²) in [5.41, 5.74) is 1.02. The molecule has 0 spiro atoms. The Morgan fingerprint density at radius 3 is 2.86 bits per heavy atom. The van der Waals surface area contributed by atoms with E-state index in [-0.39, 0.29) is 11.9 Å². The summed E-state index contributed by atoms with van der Waals surface area (Å²) in [7, 11) is -3.16. The molecule has 1 amide bonds. The van der Waals surface area contributed by atoms with Crippen LogP contribution in [0.1, 0.15) is 40.9 Å². The van der Waals surface area contributed by atoms with Gasteiger partial charge in [-0.2, -0.15) is 0 Å². The largest absolute Gasteiger partial charge is 0.335 e. The quantitative estimate of drug-likeness (QED) is 0.898. The summed E-state index contributed by atoms with van der Waals surface area (Å²) in [6.45, 7) is 3.10. The van der Waals surface area contributed by atoms with Gasteiger partial charge in [0.1, 0.15) is 0 Å². The van der Waals surface area contributed by atoms with Crippen LogP contribution in [-0.2, 0) is 10.0 Å². The van der Waals surface area contributed by atoms with E-state index in [4.69, 9.17) is 0 Å². The van der Waals surface area contributed by atoms with E-state index in [1.807, 2.05) is 23.3 Å². The minimum atomic E-state index is -3.16. The maximum Gasteiger partial charge on any atom is 0.264 e. The molecule has 1 N–H and O–H groups in total. The van der Waals surface area contributed by atoms with Crippen molar-refractivity contribution >= 4 is 27.3 Å². The molecule has 1 fully saturated rings. The van der Waals surface area contributed by atoms with Crippen LogP contribution >= 0.6 is 11.3 Å². The third-order valence-electron chi connectivity index (χ3n) is 3.79. The number of carbonyl (C=O) groups is 1. The molecule has 0 aromatic carbocycles. The van der Waals surface area contributed by atoms with Crippen LogP contribution in [0.4, 0.5) is 0 Å². The maximum absolute atomic E-state index is 12.6. The number of amides is 1. The number of carbonyl (C=O) groups excluding carboxylic acids is 1. The molecule has 0 saturated carbocycles. The Bertz CT molecular complexity index is 595. The van der Waals surface area contributed by atoms with Gasteiger partial charge in [0.25, 0.3) is 5.91 Å². The molecule has 5 nitrogen and oxygen atoms in total. The molecule has 21 heavy (non-hydrogen) atoms. The molecule has 1 aromatic heterocycles. The van der Waals surface area contributed by atoms with Gasteiger partial charge in [0, 0.05) is 19.1 Å². The Hall–Kier alpha value is -0.920. The van der Waals surface area contributed by atoms with Gasteiger partial charge in [0.05, 0.1) is 11.1 Å². The van der Waals surface area contributed by atoms with Crippen molar-refractivity contribution in [3.63, 3.8) is 0 Å². The number of aryl methyl sites for hydroxylation is 1. The first-order valence-electron chi connectivity index (χ1n) is 7.18. The number of nitrogens with zero attached hydrogens (tertiary/aromatic N) is 1. The van der Waals surface area contributed by atoms with Crippen LogP contribution < -0.4 is 4.72 Å². The van der Waals surface area contributed by atoms with Crippen molar-refractivity contribution in [3.8, 4) is 0 Å². The minimum absolute atomic E-state index is 0.0894. The highest BCUT2D eigenvalue weighted by atomic mass is 32.2. The Balaban J connectivity index is 2.02. The van der Waals surface area contributed by atoms with Gasteiger partial charge in [0.15, 0.2) is 0 Å². The van der Waals surface area contributed by atoms with Crippen LogP contribution in [0, 0.1) is 6.92 Å². The Kier molecular flexibility index (Phi) is 5.40. The van der Waals surface area contributed by atoms with Crippen LogP contribution in [0.2, 0.25) is 0 Å². The van der Waals surface area contributed by atoms with Gasteiger partial charge in [-0.05, 0) is 49.6 Å². The molecular weight excluding hydrogens is 308 g/mol. The number of piperidine rings is 1. The summed E-state index contributed by atoms with van der Waals surface area (Å²) in [4.78, 5) is 15.4. The van der Waals surface area contributed by atoms with Crippen molar-refractivity contribution in [2.45, 2.75) is 38.6 Å². The van der Waals surface area contributed by atoms with Crippen LogP contribution in [0.25, 0.3) is 0 Å². The van der Waals surface area contributed by atoms with Crippen molar-refractivity contribution in [3.05, 3.63) is 21.9 Å². The maximum atomic E-state index is 12.6. The van der Waals surface area contributed by atoms with E-state index in [0.29, 0.717) is 13.0 Å². The average molecular weight is 330 g/mol. The smallest absolute Gasteiger partial charge is 0.264 e. The molecule has 2 rings (SSSR count). The number of sulfonamides is 1. The van der Waals surface area contributed by atoms with Crippen molar-refractivity contribution in [2.75, 3.05) is 19.3 Å². The zero-order valence-corrected chi connectivity index (χ0v) is 14.1. The third-order valence-corrected chi connectivity index (χ3v) is 5.52. The van der Waals surface area contributed by atoms with E-state index in [1.54, 1.807) is 0 Å². The predicted octanol–water partition coefficient (Wildman–Crippen LogP) is 1.99. The van der Waals surface area contributed by atoms with Gasteiger partial charge >= 0.3 is 0 Å². The topological polar surface area (TPSA) is 66.5 Å². The highest BCUT2D eigenvalue weighted by molar-refractivity contribution is 7.88. The molecule has 118 valence electrons. The van der Waals surface area contributed by atoms with Crippen LogP contribution in [0.3, 0.4) is 0 Å². The van der Waals surface area contributed by atoms with E-state index >= 15 is 0 Å². The molecule has 1 aliphatic heterocycles. The average Bonchev–Trinajstić information content (AvgIpc) is 2.83. The van der Waals surface area contributed by atoms with Gasteiger partial charge in [-0.1, -0.05) is 0 Å². The van der Waals surface area contributed by atoms with E-state index in [0.717, 1.165) is 42.5 Å². The fourth-order valence-electron chi connectivity index (χ4n) is 2.70. The molecule has 1 unspecified atom stereocenters. The van der Waals surface area contributed by atoms with E-state index in [9.17, 15) is 13.2 Å². The molecule has 0 aliphatic carbocycles. The molecule has 0 radical (unpaired) electrons. The van der Waals surface area contributed by atoms with Crippen molar-refractivity contribution < 1.29 is 13.2 Å². The number of nitrogens with one attached hydrogen (secondary N) is 1.